The van der Waals surface area contributed by atoms with E-state index in [1.165, 1.54) is 44.2 Å². The molecule has 0 radical (unpaired) electrons. The zero-order valence-corrected chi connectivity index (χ0v) is 10.7. The van der Waals surface area contributed by atoms with Crippen molar-refractivity contribution >= 4 is 5.84 Å². The Labute approximate surface area is 108 Å². The number of amidine groups is 1. The molecular weight excluding hydrogens is 227 g/mol. The second kappa shape index (κ2) is 6.53. The summed E-state index contributed by atoms with van der Waals surface area (Å²) in [6.07, 6.45) is 7.09. The number of rotatable bonds is 4. The molecule has 2 nitrogen and oxygen atoms in total. The third-order valence-electron chi connectivity index (χ3n) is 3.63. The first kappa shape index (κ1) is 13.1. The Morgan fingerprint density at radius 2 is 1.83 bits per heavy atom. The van der Waals surface area contributed by atoms with Crippen molar-refractivity contribution in [2.45, 2.75) is 38.5 Å². The Morgan fingerprint density at radius 1 is 1.17 bits per heavy atom. The molecule has 98 valence electrons. The zero-order chi connectivity index (χ0) is 12.8. The molecule has 2 rings (SSSR count). The number of hydrogen-bond donors (Lipinski definition) is 1. The second-order valence-electron chi connectivity index (χ2n) is 5.02. The van der Waals surface area contributed by atoms with Crippen molar-refractivity contribution in [1.29, 1.82) is 0 Å². The van der Waals surface area contributed by atoms with Crippen LogP contribution in [-0.2, 0) is 6.42 Å². The van der Waals surface area contributed by atoms with Crippen LogP contribution in [0.4, 0.5) is 4.39 Å². The summed E-state index contributed by atoms with van der Waals surface area (Å²) in [5.41, 5.74) is 7.13. The monoisotopic (exact) mass is 248 g/mol. The predicted octanol–water partition coefficient (Wildman–Crippen LogP) is 3.31. The van der Waals surface area contributed by atoms with Gasteiger partial charge in [0.05, 0.1) is 5.84 Å². The van der Waals surface area contributed by atoms with E-state index in [0.717, 1.165) is 17.8 Å². The summed E-state index contributed by atoms with van der Waals surface area (Å²) in [5.74, 6) is 1.12. The number of hydrogen-bond acceptors (Lipinski definition) is 1. The molecule has 18 heavy (non-hydrogen) atoms. The van der Waals surface area contributed by atoms with Crippen LogP contribution in [0.15, 0.2) is 29.3 Å². The van der Waals surface area contributed by atoms with E-state index in [4.69, 9.17) is 5.73 Å². The first-order chi connectivity index (χ1) is 8.75. The number of nitrogens with two attached hydrogens (primary N) is 1. The highest BCUT2D eigenvalue weighted by Gasteiger charge is 2.16. The molecule has 1 aliphatic carbocycles. The van der Waals surface area contributed by atoms with Crippen LogP contribution >= 0.6 is 0 Å². The Hall–Kier alpha value is -1.38. The van der Waals surface area contributed by atoms with Crippen LogP contribution in [0.25, 0.3) is 0 Å². The third-order valence-corrected chi connectivity index (χ3v) is 3.63. The highest BCUT2D eigenvalue weighted by atomic mass is 19.1. The molecule has 0 aliphatic heterocycles. The van der Waals surface area contributed by atoms with E-state index in [1.54, 1.807) is 0 Å². The molecule has 1 aliphatic rings. The van der Waals surface area contributed by atoms with Gasteiger partial charge in [-0.15, -0.1) is 0 Å². The quantitative estimate of drug-likeness (QED) is 0.644. The van der Waals surface area contributed by atoms with Crippen molar-refractivity contribution in [3.63, 3.8) is 0 Å². The molecule has 0 aromatic heterocycles. The van der Waals surface area contributed by atoms with Crippen molar-refractivity contribution < 1.29 is 4.39 Å². The molecule has 0 bridgehead atoms. The minimum atomic E-state index is -0.191. The SMILES string of the molecule is NC(=NCCc1ccc(F)cc1)C1CCCCC1. The predicted molar refractivity (Wildman–Crippen MR) is 73.2 cm³/mol. The molecule has 2 N–H and O–H groups in total. The second-order valence-corrected chi connectivity index (χ2v) is 5.02. The maximum absolute atomic E-state index is 12.7. The average Bonchev–Trinajstić information content (AvgIpc) is 2.42. The van der Waals surface area contributed by atoms with E-state index in [0.29, 0.717) is 12.5 Å². The number of nitrogens with zero attached hydrogens (tertiary/aromatic N) is 1. The van der Waals surface area contributed by atoms with Gasteiger partial charge in [-0.2, -0.15) is 0 Å². The van der Waals surface area contributed by atoms with Crippen molar-refractivity contribution in [3.8, 4) is 0 Å². The molecule has 3 heteroatoms. The van der Waals surface area contributed by atoms with E-state index < -0.39 is 0 Å². The van der Waals surface area contributed by atoms with Crippen molar-refractivity contribution in [1.82, 2.24) is 0 Å². The molecule has 0 amide bonds. The molecule has 1 fully saturated rings. The van der Waals surface area contributed by atoms with Gasteiger partial charge in [-0.1, -0.05) is 31.4 Å². The molecular formula is C15H21FN2. The maximum atomic E-state index is 12.7. The van der Waals surface area contributed by atoms with Crippen LogP contribution in [0.5, 0.6) is 0 Å². The van der Waals surface area contributed by atoms with Crippen LogP contribution in [0.2, 0.25) is 0 Å². The first-order valence-corrected chi connectivity index (χ1v) is 6.80. The minimum Gasteiger partial charge on any atom is -0.387 e. The smallest absolute Gasteiger partial charge is 0.123 e. The lowest BCUT2D eigenvalue weighted by molar-refractivity contribution is 0.436. The van der Waals surface area contributed by atoms with Crippen LogP contribution in [0, 0.1) is 11.7 Å². The summed E-state index contributed by atoms with van der Waals surface area (Å²) in [4.78, 5) is 4.47. The van der Waals surface area contributed by atoms with Crippen molar-refractivity contribution in [3.05, 3.63) is 35.6 Å². The third kappa shape index (κ3) is 3.83. The van der Waals surface area contributed by atoms with E-state index in [9.17, 15) is 4.39 Å². The van der Waals surface area contributed by atoms with Gasteiger partial charge in [0.2, 0.25) is 0 Å². The van der Waals surface area contributed by atoms with Crippen LogP contribution in [0.3, 0.4) is 0 Å². The van der Waals surface area contributed by atoms with E-state index in [1.807, 2.05) is 12.1 Å². The standard InChI is InChI=1S/C15H21FN2/c16-14-8-6-12(7-9-14)10-11-18-15(17)13-4-2-1-3-5-13/h6-9,13H,1-5,10-11H2,(H2,17,18). The fourth-order valence-electron chi connectivity index (χ4n) is 2.49. The van der Waals surface area contributed by atoms with E-state index >= 15 is 0 Å². The first-order valence-electron chi connectivity index (χ1n) is 6.80. The molecule has 0 heterocycles. The van der Waals surface area contributed by atoms with Gasteiger partial charge in [-0.3, -0.25) is 4.99 Å². The van der Waals surface area contributed by atoms with Crippen molar-refractivity contribution in [2.75, 3.05) is 6.54 Å². The summed E-state index contributed by atoms with van der Waals surface area (Å²) in [5, 5.41) is 0. The molecule has 1 saturated carbocycles. The van der Waals surface area contributed by atoms with Gasteiger partial charge in [-0.25, -0.2) is 4.39 Å². The van der Waals surface area contributed by atoms with Crippen LogP contribution in [0.1, 0.15) is 37.7 Å². The molecule has 1 aromatic rings. The Balaban J connectivity index is 1.81. The summed E-state index contributed by atoms with van der Waals surface area (Å²) in [7, 11) is 0. The summed E-state index contributed by atoms with van der Waals surface area (Å²) < 4.78 is 12.7. The minimum absolute atomic E-state index is 0.191. The Kier molecular flexibility index (Phi) is 4.73. The highest BCUT2D eigenvalue weighted by Crippen LogP contribution is 2.23. The van der Waals surface area contributed by atoms with E-state index in [-0.39, 0.29) is 5.82 Å². The molecule has 1 aromatic carbocycles. The van der Waals surface area contributed by atoms with Gasteiger partial charge < -0.3 is 5.73 Å². The zero-order valence-electron chi connectivity index (χ0n) is 10.7. The number of aliphatic imine (C=N–C) groups is 1. The largest absolute Gasteiger partial charge is 0.387 e. The van der Waals surface area contributed by atoms with Gasteiger partial charge in [-0.05, 0) is 37.0 Å². The van der Waals surface area contributed by atoms with Gasteiger partial charge in [0.1, 0.15) is 5.82 Å². The maximum Gasteiger partial charge on any atom is 0.123 e. The lowest BCUT2D eigenvalue weighted by atomic mass is 9.88. The topological polar surface area (TPSA) is 38.4 Å². The van der Waals surface area contributed by atoms with Gasteiger partial charge in [0.15, 0.2) is 0 Å². The normalized spacial score (nSPS) is 17.9. The summed E-state index contributed by atoms with van der Waals surface area (Å²) in [6, 6.07) is 6.59. The molecule has 0 spiro atoms. The van der Waals surface area contributed by atoms with Crippen molar-refractivity contribution in [2.24, 2.45) is 16.6 Å². The number of halogens is 1. The Bertz CT molecular complexity index is 391. The lowest BCUT2D eigenvalue weighted by Gasteiger charge is -2.20. The molecule has 0 atom stereocenters. The summed E-state index contributed by atoms with van der Waals surface area (Å²) in [6.45, 7) is 0.702. The average molecular weight is 248 g/mol. The fourth-order valence-corrected chi connectivity index (χ4v) is 2.49. The summed E-state index contributed by atoms with van der Waals surface area (Å²) >= 11 is 0. The Morgan fingerprint density at radius 3 is 2.50 bits per heavy atom. The van der Waals surface area contributed by atoms with Gasteiger partial charge in [0.25, 0.3) is 0 Å². The lowest BCUT2D eigenvalue weighted by Crippen LogP contribution is -2.26. The molecule has 0 unspecified atom stereocenters. The van der Waals surface area contributed by atoms with Crippen LogP contribution < -0.4 is 5.73 Å². The molecule has 0 saturated heterocycles. The van der Waals surface area contributed by atoms with E-state index in [2.05, 4.69) is 4.99 Å². The fraction of sp³-hybridized carbons (Fsp3) is 0.533. The van der Waals surface area contributed by atoms with Gasteiger partial charge >= 0.3 is 0 Å². The van der Waals surface area contributed by atoms with Gasteiger partial charge in [0, 0.05) is 12.5 Å². The highest BCUT2D eigenvalue weighted by molar-refractivity contribution is 5.82. The number of benzene rings is 1. The van der Waals surface area contributed by atoms with Crippen LogP contribution in [-0.4, -0.2) is 12.4 Å².